The van der Waals surface area contributed by atoms with Crippen LogP contribution in [0.2, 0.25) is 0 Å². The van der Waals surface area contributed by atoms with Crippen LogP contribution in [0, 0.1) is 0 Å². The van der Waals surface area contributed by atoms with E-state index >= 15 is 0 Å². The molecule has 0 unspecified atom stereocenters. The predicted molar refractivity (Wildman–Crippen MR) is 96.9 cm³/mol. The molecular weight excluding hydrogens is 334 g/mol. The highest BCUT2D eigenvalue weighted by Crippen LogP contribution is 2.03. The van der Waals surface area contributed by atoms with E-state index < -0.39 is 11.2 Å². The van der Waals surface area contributed by atoms with Crippen LogP contribution in [-0.2, 0) is 17.9 Å². The fraction of sp³-hybridized carbons (Fsp3) is 0.278. The monoisotopic (exact) mass is 353 g/mol. The summed E-state index contributed by atoms with van der Waals surface area (Å²) in [7, 11) is 0. The first-order valence-corrected chi connectivity index (χ1v) is 8.25. The largest absolute Gasteiger partial charge is 0.352 e. The van der Waals surface area contributed by atoms with Crippen LogP contribution < -0.4 is 16.6 Å². The quantitative estimate of drug-likeness (QED) is 0.721. The molecule has 0 saturated carbocycles. The van der Waals surface area contributed by atoms with E-state index in [0.29, 0.717) is 0 Å². The summed E-state index contributed by atoms with van der Waals surface area (Å²) in [6, 6.07) is 9.09. The molecular formula is C18H19N5O3. The average molecular weight is 353 g/mol. The van der Waals surface area contributed by atoms with Crippen LogP contribution in [-0.4, -0.2) is 31.1 Å². The Kier molecular flexibility index (Phi) is 4.92. The van der Waals surface area contributed by atoms with Crippen molar-refractivity contribution in [2.45, 2.75) is 33.0 Å². The van der Waals surface area contributed by atoms with E-state index in [4.69, 9.17) is 0 Å². The Morgan fingerprint density at radius 2 is 1.77 bits per heavy atom. The van der Waals surface area contributed by atoms with Crippen LogP contribution in [0.3, 0.4) is 0 Å². The molecule has 0 atom stereocenters. The Hall–Kier alpha value is -3.29. The maximum Gasteiger partial charge on any atom is 0.333 e. The Morgan fingerprint density at radius 1 is 1.08 bits per heavy atom. The topological polar surface area (TPSA) is 98.9 Å². The van der Waals surface area contributed by atoms with Gasteiger partial charge in [0.15, 0.2) is 11.2 Å². The number of nitrogens with one attached hydrogen (secondary N) is 1. The number of aromatic nitrogens is 4. The third-order valence-corrected chi connectivity index (χ3v) is 3.78. The van der Waals surface area contributed by atoms with Crippen molar-refractivity contribution in [2.75, 3.05) is 0 Å². The molecule has 8 nitrogen and oxygen atoms in total. The number of nitrogens with zero attached hydrogens (tertiary/aromatic N) is 4. The highest BCUT2D eigenvalue weighted by atomic mass is 16.2. The number of amides is 1. The summed E-state index contributed by atoms with van der Waals surface area (Å²) in [5.41, 5.74) is -0.160. The molecule has 1 N–H and O–H groups in total. The standard InChI is InChI=1S/C18H19N5O3/c1-12(2)21-14(24)11-22-16-15(19-8-9-20-16)17(25)23(18(22)26)10-13-6-4-3-5-7-13/h3-9,12H,10-11H2,1-2H3,(H,21,24). The highest BCUT2D eigenvalue weighted by Gasteiger charge is 2.17. The number of hydrogen-bond donors (Lipinski definition) is 1. The Balaban J connectivity index is 2.15. The van der Waals surface area contributed by atoms with Gasteiger partial charge in [-0.25, -0.2) is 14.8 Å². The van der Waals surface area contributed by atoms with Gasteiger partial charge in [0.2, 0.25) is 5.91 Å². The summed E-state index contributed by atoms with van der Waals surface area (Å²) in [5, 5.41) is 2.73. The molecule has 134 valence electrons. The fourth-order valence-corrected chi connectivity index (χ4v) is 2.69. The number of carbonyl (C=O) groups is 1. The molecule has 0 spiro atoms. The smallest absolute Gasteiger partial charge is 0.333 e. The molecule has 3 rings (SSSR count). The second-order valence-electron chi connectivity index (χ2n) is 6.20. The van der Waals surface area contributed by atoms with Crippen molar-refractivity contribution in [3.8, 4) is 0 Å². The van der Waals surface area contributed by atoms with Crippen LogP contribution in [0.15, 0.2) is 52.3 Å². The summed E-state index contributed by atoms with van der Waals surface area (Å²) in [6.07, 6.45) is 2.78. The van der Waals surface area contributed by atoms with Gasteiger partial charge in [0, 0.05) is 18.4 Å². The first-order valence-electron chi connectivity index (χ1n) is 8.25. The van der Waals surface area contributed by atoms with Crippen LogP contribution in [0.4, 0.5) is 0 Å². The Bertz CT molecular complexity index is 1050. The third-order valence-electron chi connectivity index (χ3n) is 3.78. The number of rotatable bonds is 5. The summed E-state index contributed by atoms with van der Waals surface area (Å²) in [5.74, 6) is -0.334. The lowest BCUT2D eigenvalue weighted by Crippen LogP contribution is -2.44. The van der Waals surface area contributed by atoms with E-state index in [1.54, 1.807) is 0 Å². The van der Waals surface area contributed by atoms with E-state index in [9.17, 15) is 14.4 Å². The van der Waals surface area contributed by atoms with Crippen molar-refractivity contribution in [2.24, 2.45) is 0 Å². The lowest BCUT2D eigenvalue weighted by Gasteiger charge is -2.14. The van der Waals surface area contributed by atoms with Crippen LogP contribution in [0.25, 0.3) is 11.2 Å². The minimum absolute atomic E-state index is 0.0559. The highest BCUT2D eigenvalue weighted by molar-refractivity contribution is 5.78. The summed E-state index contributed by atoms with van der Waals surface area (Å²) in [4.78, 5) is 45.9. The summed E-state index contributed by atoms with van der Waals surface area (Å²) < 4.78 is 2.26. The van der Waals surface area contributed by atoms with Gasteiger partial charge >= 0.3 is 5.69 Å². The van der Waals surface area contributed by atoms with E-state index in [-0.39, 0.29) is 36.2 Å². The van der Waals surface area contributed by atoms with Crippen molar-refractivity contribution in [3.63, 3.8) is 0 Å². The Labute approximate surface area is 149 Å². The van der Waals surface area contributed by atoms with Gasteiger partial charge in [0.05, 0.1) is 6.54 Å². The van der Waals surface area contributed by atoms with Gasteiger partial charge in [0.1, 0.15) is 6.54 Å². The molecule has 26 heavy (non-hydrogen) atoms. The van der Waals surface area contributed by atoms with Gasteiger partial charge in [0.25, 0.3) is 5.56 Å². The van der Waals surface area contributed by atoms with Gasteiger partial charge in [-0.15, -0.1) is 0 Å². The van der Waals surface area contributed by atoms with Crippen LogP contribution in [0.5, 0.6) is 0 Å². The van der Waals surface area contributed by atoms with Gasteiger partial charge in [-0.1, -0.05) is 30.3 Å². The molecule has 1 amide bonds. The zero-order valence-electron chi connectivity index (χ0n) is 14.5. The normalized spacial score (nSPS) is 11.0. The molecule has 0 bridgehead atoms. The van der Waals surface area contributed by atoms with E-state index in [1.165, 1.54) is 17.0 Å². The van der Waals surface area contributed by atoms with Gasteiger partial charge in [-0.3, -0.25) is 18.7 Å². The second-order valence-corrected chi connectivity index (χ2v) is 6.20. The van der Waals surface area contributed by atoms with E-state index in [0.717, 1.165) is 10.1 Å². The van der Waals surface area contributed by atoms with Crippen molar-refractivity contribution >= 4 is 17.1 Å². The first-order chi connectivity index (χ1) is 12.5. The zero-order valence-corrected chi connectivity index (χ0v) is 14.5. The summed E-state index contributed by atoms with van der Waals surface area (Å²) >= 11 is 0. The lowest BCUT2D eigenvalue weighted by molar-refractivity contribution is -0.122. The number of fused-ring (bicyclic) bond motifs is 1. The molecule has 0 saturated heterocycles. The lowest BCUT2D eigenvalue weighted by atomic mass is 10.2. The molecule has 0 fully saturated rings. The van der Waals surface area contributed by atoms with Crippen LogP contribution in [0.1, 0.15) is 19.4 Å². The molecule has 0 aliphatic carbocycles. The van der Waals surface area contributed by atoms with E-state index in [1.807, 2.05) is 44.2 Å². The van der Waals surface area contributed by atoms with Crippen LogP contribution >= 0.6 is 0 Å². The molecule has 2 heterocycles. The van der Waals surface area contributed by atoms with Crippen molar-refractivity contribution < 1.29 is 4.79 Å². The fourth-order valence-electron chi connectivity index (χ4n) is 2.69. The maximum absolute atomic E-state index is 12.9. The zero-order chi connectivity index (χ0) is 18.7. The van der Waals surface area contributed by atoms with Crippen molar-refractivity contribution in [3.05, 3.63) is 69.1 Å². The molecule has 0 aliphatic heterocycles. The minimum atomic E-state index is -0.592. The molecule has 1 aromatic carbocycles. The minimum Gasteiger partial charge on any atom is -0.352 e. The van der Waals surface area contributed by atoms with Crippen molar-refractivity contribution in [1.82, 2.24) is 24.4 Å². The SMILES string of the molecule is CC(C)NC(=O)Cn1c(=O)n(Cc2ccccc2)c(=O)c2nccnc21. The molecule has 3 aromatic rings. The van der Waals surface area contributed by atoms with Gasteiger partial charge in [-0.2, -0.15) is 0 Å². The third kappa shape index (κ3) is 3.53. The second kappa shape index (κ2) is 7.30. The summed E-state index contributed by atoms with van der Waals surface area (Å²) in [6.45, 7) is 3.52. The molecule has 8 heteroatoms. The maximum atomic E-state index is 12.9. The Morgan fingerprint density at radius 3 is 2.46 bits per heavy atom. The van der Waals surface area contributed by atoms with E-state index in [2.05, 4.69) is 15.3 Å². The number of benzene rings is 1. The van der Waals surface area contributed by atoms with Crippen molar-refractivity contribution in [1.29, 1.82) is 0 Å². The van der Waals surface area contributed by atoms with Gasteiger partial charge < -0.3 is 5.32 Å². The average Bonchev–Trinajstić information content (AvgIpc) is 2.62. The number of hydrogen-bond acceptors (Lipinski definition) is 5. The molecule has 0 aliphatic rings. The first kappa shape index (κ1) is 17.5. The van der Waals surface area contributed by atoms with Gasteiger partial charge in [-0.05, 0) is 19.4 Å². The molecule has 0 radical (unpaired) electrons. The number of carbonyl (C=O) groups excluding carboxylic acids is 1. The molecule has 2 aromatic heterocycles. The predicted octanol–water partition coefficient (Wildman–Crippen LogP) is 0.526.